The van der Waals surface area contributed by atoms with Crippen LogP contribution < -0.4 is 10.2 Å². The molecule has 5 nitrogen and oxygen atoms in total. The molecule has 2 N–H and O–H groups in total. The third-order valence-electron chi connectivity index (χ3n) is 4.78. The average Bonchev–Trinajstić information content (AvgIpc) is 3.11. The number of ether oxygens (including phenoxy) is 1. The summed E-state index contributed by atoms with van der Waals surface area (Å²) in [6.07, 6.45) is 1.05. The Morgan fingerprint density at radius 2 is 2.04 bits per heavy atom. The van der Waals surface area contributed by atoms with E-state index in [2.05, 4.69) is 28.4 Å². The Hall–Kier alpha value is -2.18. The molecule has 0 aliphatic carbocycles. The van der Waals surface area contributed by atoms with Crippen LogP contribution in [-0.4, -0.2) is 32.1 Å². The molecule has 3 rings (SSSR count). The highest BCUT2D eigenvalue weighted by Crippen LogP contribution is 2.24. The highest BCUT2D eigenvalue weighted by Gasteiger charge is 2.29. The van der Waals surface area contributed by atoms with Crippen molar-refractivity contribution in [3.05, 3.63) is 57.3 Å². The Morgan fingerprint density at radius 3 is 2.76 bits per heavy atom. The normalized spacial score (nSPS) is 19.1. The summed E-state index contributed by atoms with van der Waals surface area (Å²) in [7, 11) is 1.36. The van der Waals surface area contributed by atoms with Gasteiger partial charge in [0.25, 0.3) is 5.91 Å². The zero-order valence-corrected chi connectivity index (χ0v) is 15.3. The second-order valence-electron chi connectivity index (χ2n) is 6.32. The van der Waals surface area contributed by atoms with E-state index in [0.717, 1.165) is 18.5 Å². The Balaban J connectivity index is 1.51. The molecule has 1 aliphatic heterocycles. The number of hydrogen-bond donors (Lipinski definition) is 2. The standard InChI is InChI=1S/C19H22N2O3S/c1-13-16-8-10-25-17(16)7-9-21(13)12-18(22)20-11-14-3-5-15(6-4-14)19(23)24-2/h3-6,8,10,13H,7,9,11-12H2,1-2H3,(H,20,22)/p+1/t13-/m1/s1. The second-order valence-corrected chi connectivity index (χ2v) is 7.32. The molecule has 25 heavy (non-hydrogen) atoms. The summed E-state index contributed by atoms with van der Waals surface area (Å²) in [6.45, 7) is 4.14. The van der Waals surface area contributed by atoms with Gasteiger partial charge >= 0.3 is 5.97 Å². The van der Waals surface area contributed by atoms with Gasteiger partial charge in [-0.15, -0.1) is 11.3 Å². The van der Waals surface area contributed by atoms with Gasteiger partial charge in [0.15, 0.2) is 6.54 Å². The molecular formula is C19H23N2O3S+. The van der Waals surface area contributed by atoms with Gasteiger partial charge in [-0.1, -0.05) is 12.1 Å². The van der Waals surface area contributed by atoms with Crippen LogP contribution in [0.15, 0.2) is 35.7 Å². The maximum Gasteiger partial charge on any atom is 0.337 e. The van der Waals surface area contributed by atoms with Gasteiger partial charge in [-0.05, 0) is 36.1 Å². The average molecular weight is 359 g/mol. The Bertz CT molecular complexity index is 754. The quantitative estimate of drug-likeness (QED) is 0.793. The number of benzene rings is 1. The Labute approximate surface area is 151 Å². The van der Waals surface area contributed by atoms with Crippen molar-refractivity contribution in [2.24, 2.45) is 0 Å². The predicted molar refractivity (Wildman–Crippen MR) is 96.8 cm³/mol. The SMILES string of the molecule is COC(=O)c1ccc(CNC(=O)C[NH+]2CCc3sccc3[C@H]2C)cc1. The van der Waals surface area contributed by atoms with Crippen molar-refractivity contribution in [3.63, 3.8) is 0 Å². The van der Waals surface area contributed by atoms with Crippen LogP contribution in [0.1, 0.15) is 39.3 Å². The minimum Gasteiger partial charge on any atom is -0.465 e. The van der Waals surface area contributed by atoms with E-state index in [0.29, 0.717) is 24.7 Å². The maximum atomic E-state index is 12.3. The Morgan fingerprint density at radius 1 is 1.28 bits per heavy atom. The number of methoxy groups -OCH3 is 1. The van der Waals surface area contributed by atoms with Crippen LogP contribution >= 0.6 is 11.3 Å². The maximum absolute atomic E-state index is 12.3. The number of carbonyl (C=O) groups excluding carboxylic acids is 2. The Kier molecular flexibility index (Phi) is 5.50. The molecule has 0 saturated heterocycles. The van der Waals surface area contributed by atoms with E-state index in [-0.39, 0.29) is 11.9 Å². The molecule has 2 aromatic rings. The third kappa shape index (κ3) is 4.08. The van der Waals surface area contributed by atoms with Gasteiger partial charge in [-0.25, -0.2) is 4.79 Å². The van der Waals surface area contributed by atoms with Gasteiger partial charge in [-0.3, -0.25) is 4.79 Å². The predicted octanol–water partition coefficient (Wildman–Crippen LogP) is 1.35. The molecule has 1 aromatic carbocycles. The number of esters is 1. The van der Waals surface area contributed by atoms with Crippen LogP contribution in [0, 0.1) is 0 Å². The van der Waals surface area contributed by atoms with Crippen LogP contribution in [0.2, 0.25) is 0 Å². The molecule has 1 aliphatic rings. The number of amides is 1. The molecule has 132 valence electrons. The molecular weight excluding hydrogens is 336 g/mol. The molecule has 0 radical (unpaired) electrons. The molecule has 0 fully saturated rings. The van der Waals surface area contributed by atoms with Crippen LogP contribution in [0.4, 0.5) is 0 Å². The van der Waals surface area contributed by atoms with Gasteiger partial charge in [0.2, 0.25) is 0 Å². The van der Waals surface area contributed by atoms with Gasteiger partial charge in [0.1, 0.15) is 6.04 Å². The van der Waals surface area contributed by atoms with E-state index in [4.69, 9.17) is 0 Å². The molecule has 0 spiro atoms. The fourth-order valence-corrected chi connectivity index (χ4v) is 4.22. The highest BCUT2D eigenvalue weighted by atomic mass is 32.1. The number of carbonyl (C=O) groups is 2. The molecule has 0 bridgehead atoms. The minimum absolute atomic E-state index is 0.0533. The number of thiophene rings is 1. The number of quaternary nitrogens is 1. The number of rotatable bonds is 5. The van der Waals surface area contributed by atoms with Crippen molar-refractivity contribution < 1.29 is 19.2 Å². The van der Waals surface area contributed by atoms with E-state index in [1.807, 2.05) is 23.5 Å². The highest BCUT2D eigenvalue weighted by molar-refractivity contribution is 7.10. The molecule has 2 heterocycles. The lowest BCUT2D eigenvalue weighted by Gasteiger charge is -2.29. The van der Waals surface area contributed by atoms with Gasteiger partial charge < -0.3 is 15.0 Å². The lowest BCUT2D eigenvalue weighted by molar-refractivity contribution is -0.924. The first kappa shape index (κ1) is 17.6. The second kappa shape index (κ2) is 7.80. The zero-order chi connectivity index (χ0) is 17.8. The van der Waals surface area contributed by atoms with E-state index < -0.39 is 0 Å². The van der Waals surface area contributed by atoms with E-state index in [1.54, 1.807) is 12.1 Å². The van der Waals surface area contributed by atoms with Crippen molar-refractivity contribution in [3.8, 4) is 0 Å². The molecule has 0 saturated carbocycles. The van der Waals surface area contributed by atoms with Gasteiger partial charge in [-0.2, -0.15) is 0 Å². The van der Waals surface area contributed by atoms with Crippen molar-refractivity contribution in [1.82, 2.24) is 5.32 Å². The van der Waals surface area contributed by atoms with Crippen LogP contribution in [0.3, 0.4) is 0 Å². The summed E-state index contributed by atoms with van der Waals surface area (Å²) in [6, 6.07) is 9.64. The first-order chi connectivity index (χ1) is 12.1. The lowest BCUT2D eigenvalue weighted by Crippen LogP contribution is -3.14. The van der Waals surface area contributed by atoms with Crippen LogP contribution in [0.5, 0.6) is 0 Å². The summed E-state index contributed by atoms with van der Waals surface area (Å²) in [4.78, 5) is 26.5. The summed E-state index contributed by atoms with van der Waals surface area (Å²) in [5, 5.41) is 5.11. The summed E-state index contributed by atoms with van der Waals surface area (Å²) in [5.41, 5.74) is 2.86. The van der Waals surface area contributed by atoms with E-state index in [9.17, 15) is 9.59 Å². The fourth-order valence-electron chi connectivity index (χ4n) is 3.24. The van der Waals surface area contributed by atoms with E-state index in [1.165, 1.54) is 22.5 Å². The van der Waals surface area contributed by atoms with Crippen molar-refractivity contribution in [1.29, 1.82) is 0 Å². The first-order valence-corrected chi connectivity index (χ1v) is 9.31. The molecule has 2 atom stereocenters. The molecule has 1 unspecified atom stereocenters. The summed E-state index contributed by atoms with van der Waals surface area (Å²) >= 11 is 1.82. The molecule has 1 aromatic heterocycles. The topological polar surface area (TPSA) is 59.8 Å². The third-order valence-corrected chi connectivity index (χ3v) is 5.78. The van der Waals surface area contributed by atoms with Crippen molar-refractivity contribution >= 4 is 23.2 Å². The summed E-state index contributed by atoms with van der Waals surface area (Å²) in [5.74, 6) is -0.302. The smallest absolute Gasteiger partial charge is 0.337 e. The number of hydrogen-bond acceptors (Lipinski definition) is 4. The van der Waals surface area contributed by atoms with Crippen molar-refractivity contribution in [2.75, 3.05) is 20.2 Å². The largest absolute Gasteiger partial charge is 0.465 e. The number of nitrogens with one attached hydrogen (secondary N) is 2. The minimum atomic E-state index is -0.355. The first-order valence-electron chi connectivity index (χ1n) is 8.43. The van der Waals surface area contributed by atoms with E-state index >= 15 is 0 Å². The fraction of sp³-hybridized carbons (Fsp3) is 0.368. The van der Waals surface area contributed by atoms with Gasteiger partial charge in [0, 0.05) is 23.4 Å². The lowest BCUT2D eigenvalue weighted by atomic mass is 10.0. The van der Waals surface area contributed by atoms with Crippen molar-refractivity contribution in [2.45, 2.75) is 25.9 Å². The monoisotopic (exact) mass is 359 g/mol. The van der Waals surface area contributed by atoms with Crippen LogP contribution in [-0.2, 0) is 22.5 Å². The molecule has 6 heteroatoms. The summed E-state index contributed by atoms with van der Waals surface area (Å²) < 4.78 is 4.68. The molecule has 1 amide bonds. The van der Waals surface area contributed by atoms with Gasteiger partial charge in [0.05, 0.1) is 19.2 Å². The van der Waals surface area contributed by atoms with Crippen LogP contribution in [0.25, 0.3) is 0 Å². The zero-order valence-electron chi connectivity index (χ0n) is 14.5. The number of fused-ring (bicyclic) bond motifs is 1.